The van der Waals surface area contributed by atoms with Crippen LogP contribution in [-0.4, -0.2) is 17.8 Å². The van der Waals surface area contributed by atoms with Gasteiger partial charge in [0.15, 0.2) is 24.7 Å². The van der Waals surface area contributed by atoms with Gasteiger partial charge < -0.3 is 4.74 Å². The molecule has 6 heteroatoms. The first kappa shape index (κ1) is 17.3. The zero-order valence-electron chi connectivity index (χ0n) is 14.2. The quantitative estimate of drug-likeness (QED) is 0.296. The molecule has 2 aromatic carbocycles. The van der Waals surface area contributed by atoms with Crippen LogP contribution in [0, 0.1) is 10.1 Å². The molecule has 130 valence electrons. The molecule has 3 rings (SSSR count). The predicted molar refractivity (Wildman–Crippen MR) is 95.3 cm³/mol. The Morgan fingerprint density at radius 2 is 1.54 bits per heavy atom. The Kier molecular flexibility index (Phi) is 5.03. The van der Waals surface area contributed by atoms with E-state index in [1.54, 1.807) is 55.6 Å². The highest BCUT2D eigenvalue weighted by molar-refractivity contribution is 6.08. The fourth-order valence-corrected chi connectivity index (χ4v) is 2.56. The smallest absolute Gasteiger partial charge is 0.269 e. The molecule has 0 saturated heterocycles. The number of aromatic nitrogens is 1. The highest BCUT2D eigenvalue weighted by Gasteiger charge is 2.12. The van der Waals surface area contributed by atoms with E-state index >= 15 is 0 Å². The Morgan fingerprint density at radius 1 is 0.962 bits per heavy atom. The van der Waals surface area contributed by atoms with E-state index in [1.807, 2.05) is 17.0 Å². The molecule has 3 aromatic rings. The van der Waals surface area contributed by atoms with E-state index in [4.69, 9.17) is 4.74 Å². The van der Waals surface area contributed by atoms with Crippen LogP contribution in [0.25, 0.3) is 0 Å². The summed E-state index contributed by atoms with van der Waals surface area (Å²) in [7, 11) is 1.58. The van der Waals surface area contributed by atoms with Gasteiger partial charge in [0, 0.05) is 41.0 Å². The van der Waals surface area contributed by atoms with E-state index in [1.165, 1.54) is 12.1 Å². The van der Waals surface area contributed by atoms with Crippen LogP contribution in [0.4, 0.5) is 5.69 Å². The van der Waals surface area contributed by atoms with Crippen LogP contribution in [0.1, 0.15) is 21.5 Å². The van der Waals surface area contributed by atoms with Gasteiger partial charge in [-0.1, -0.05) is 0 Å². The third-order valence-corrected chi connectivity index (χ3v) is 4.02. The van der Waals surface area contributed by atoms with Gasteiger partial charge in [-0.05, 0) is 36.4 Å². The average molecular weight is 349 g/mol. The number of nitrogens with zero attached hydrogens (tertiary/aromatic N) is 2. The summed E-state index contributed by atoms with van der Waals surface area (Å²) in [6, 6.07) is 16.9. The lowest BCUT2D eigenvalue weighted by atomic mass is 10.0. The van der Waals surface area contributed by atoms with Gasteiger partial charge in [0.2, 0.25) is 0 Å². The van der Waals surface area contributed by atoms with Crippen molar-refractivity contribution >= 4 is 11.5 Å². The van der Waals surface area contributed by atoms with Crippen LogP contribution in [0.2, 0.25) is 0 Å². The highest BCUT2D eigenvalue weighted by Crippen LogP contribution is 2.15. The van der Waals surface area contributed by atoms with Crippen molar-refractivity contribution in [2.24, 2.45) is 0 Å². The maximum Gasteiger partial charge on any atom is 0.269 e. The number of hydrogen-bond donors (Lipinski definition) is 0. The van der Waals surface area contributed by atoms with Crippen molar-refractivity contribution < 1.29 is 19.0 Å². The van der Waals surface area contributed by atoms with Crippen LogP contribution < -0.4 is 9.30 Å². The number of hydrogen-bond acceptors (Lipinski definition) is 4. The number of ether oxygens (including phenoxy) is 1. The van der Waals surface area contributed by atoms with Gasteiger partial charge in [-0.3, -0.25) is 14.9 Å². The summed E-state index contributed by atoms with van der Waals surface area (Å²) in [5.74, 6) is 0.644. The molecule has 0 fully saturated rings. The Morgan fingerprint density at radius 3 is 2.08 bits per heavy atom. The number of methoxy groups -OCH3 is 1. The summed E-state index contributed by atoms with van der Waals surface area (Å²) in [4.78, 5) is 22.8. The van der Waals surface area contributed by atoms with Crippen LogP contribution in [0.3, 0.4) is 0 Å². The van der Waals surface area contributed by atoms with Crippen molar-refractivity contribution in [3.05, 3.63) is 99.9 Å². The molecule has 0 unspecified atom stereocenters. The number of rotatable bonds is 6. The van der Waals surface area contributed by atoms with Crippen molar-refractivity contribution in [2.45, 2.75) is 6.54 Å². The second kappa shape index (κ2) is 7.57. The Bertz CT molecular complexity index is 918. The zero-order valence-corrected chi connectivity index (χ0v) is 14.2. The molecule has 0 N–H and O–H groups in total. The third-order valence-electron chi connectivity index (χ3n) is 4.02. The van der Waals surface area contributed by atoms with E-state index in [-0.39, 0.29) is 11.5 Å². The van der Waals surface area contributed by atoms with Crippen LogP contribution in [0.5, 0.6) is 5.75 Å². The van der Waals surface area contributed by atoms with Gasteiger partial charge in [0.05, 0.1) is 12.0 Å². The number of nitro benzene ring substituents is 1. The van der Waals surface area contributed by atoms with Crippen LogP contribution in [-0.2, 0) is 6.54 Å². The molecular weight excluding hydrogens is 332 g/mol. The molecule has 1 aromatic heterocycles. The highest BCUT2D eigenvalue weighted by atomic mass is 16.6. The van der Waals surface area contributed by atoms with Crippen molar-refractivity contribution in [2.75, 3.05) is 7.11 Å². The molecular formula is C20H17N2O4+. The minimum Gasteiger partial charge on any atom is -0.497 e. The molecule has 0 atom stereocenters. The Balaban J connectivity index is 1.71. The number of ketones is 1. The summed E-state index contributed by atoms with van der Waals surface area (Å²) >= 11 is 0. The second-order valence-electron chi connectivity index (χ2n) is 5.74. The fourth-order valence-electron chi connectivity index (χ4n) is 2.56. The number of carbonyl (C=O) groups excluding carboxylic acids is 1. The minimum absolute atomic E-state index is 0.0601. The van der Waals surface area contributed by atoms with Crippen molar-refractivity contribution in [3.63, 3.8) is 0 Å². The zero-order chi connectivity index (χ0) is 18.5. The van der Waals surface area contributed by atoms with Crippen LogP contribution >= 0.6 is 0 Å². The van der Waals surface area contributed by atoms with Crippen molar-refractivity contribution in [3.8, 4) is 5.75 Å². The number of carbonyl (C=O) groups is 1. The SMILES string of the molecule is COc1ccc(C(=O)c2cc[n+](Cc3ccc([N+](=O)[O-])cc3)cc2)cc1. The molecule has 6 nitrogen and oxygen atoms in total. The lowest BCUT2D eigenvalue weighted by Crippen LogP contribution is -2.33. The van der Waals surface area contributed by atoms with Gasteiger partial charge in [0.1, 0.15) is 5.75 Å². The molecule has 0 bridgehead atoms. The maximum atomic E-state index is 12.5. The van der Waals surface area contributed by atoms with Crippen molar-refractivity contribution in [1.29, 1.82) is 0 Å². The fraction of sp³-hybridized carbons (Fsp3) is 0.100. The van der Waals surface area contributed by atoms with E-state index in [2.05, 4.69) is 0 Å². The largest absolute Gasteiger partial charge is 0.497 e. The van der Waals surface area contributed by atoms with Crippen LogP contribution in [0.15, 0.2) is 73.1 Å². The topological polar surface area (TPSA) is 73.3 Å². The Hall–Kier alpha value is -3.54. The Labute approximate surface area is 150 Å². The molecule has 0 aliphatic heterocycles. The maximum absolute atomic E-state index is 12.5. The number of non-ortho nitro benzene ring substituents is 1. The van der Waals surface area contributed by atoms with Gasteiger partial charge in [-0.15, -0.1) is 0 Å². The summed E-state index contributed by atoms with van der Waals surface area (Å²) in [5, 5.41) is 10.7. The monoisotopic (exact) mass is 349 g/mol. The first-order chi connectivity index (χ1) is 12.6. The number of nitro groups is 1. The first-order valence-electron chi connectivity index (χ1n) is 7.98. The molecule has 0 saturated carbocycles. The molecule has 0 aliphatic carbocycles. The van der Waals surface area contributed by atoms with E-state index < -0.39 is 4.92 Å². The van der Waals surface area contributed by atoms with Gasteiger partial charge in [0.25, 0.3) is 5.69 Å². The second-order valence-corrected chi connectivity index (χ2v) is 5.74. The lowest BCUT2D eigenvalue weighted by molar-refractivity contribution is -0.688. The van der Waals surface area contributed by atoms with Gasteiger partial charge >= 0.3 is 0 Å². The molecule has 26 heavy (non-hydrogen) atoms. The summed E-state index contributed by atoms with van der Waals surface area (Å²) in [6.45, 7) is 0.564. The normalized spacial score (nSPS) is 10.3. The minimum atomic E-state index is -0.420. The number of benzene rings is 2. The van der Waals surface area contributed by atoms with E-state index in [0.29, 0.717) is 23.4 Å². The first-order valence-corrected chi connectivity index (χ1v) is 7.98. The molecule has 1 heterocycles. The summed E-state index contributed by atoms with van der Waals surface area (Å²) in [6.07, 6.45) is 3.64. The number of pyridine rings is 1. The molecule has 0 spiro atoms. The van der Waals surface area contributed by atoms with E-state index in [0.717, 1.165) is 5.56 Å². The molecule has 0 radical (unpaired) electrons. The predicted octanol–water partition coefficient (Wildman–Crippen LogP) is 3.17. The third kappa shape index (κ3) is 3.92. The van der Waals surface area contributed by atoms with Gasteiger partial charge in [-0.2, -0.15) is 0 Å². The molecule has 0 amide bonds. The molecule has 0 aliphatic rings. The van der Waals surface area contributed by atoms with Gasteiger partial charge in [-0.25, -0.2) is 4.57 Å². The lowest BCUT2D eigenvalue weighted by Gasteiger charge is -2.03. The average Bonchev–Trinajstić information content (AvgIpc) is 2.68. The summed E-state index contributed by atoms with van der Waals surface area (Å²) < 4.78 is 7.00. The summed E-state index contributed by atoms with van der Waals surface area (Å²) in [5.41, 5.74) is 2.20. The van der Waals surface area contributed by atoms with Crippen molar-refractivity contribution in [1.82, 2.24) is 0 Å². The van der Waals surface area contributed by atoms with E-state index in [9.17, 15) is 14.9 Å². The standard InChI is InChI=1S/C20H17N2O4/c1-26-19-8-4-16(5-9-19)20(23)17-10-12-21(13-11-17)14-15-2-6-18(7-3-15)22(24)25/h2-13H,14H2,1H3/q+1.